The molecule has 19 heavy (non-hydrogen) atoms. The van der Waals surface area contributed by atoms with Crippen molar-refractivity contribution in [1.29, 1.82) is 0 Å². The summed E-state index contributed by atoms with van der Waals surface area (Å²) in [5.41, 5.74) is 3.21. The average Bonchev–Trinajstić information content (AvgIpc) is 2.47. The molecule has 1 aromatic carbocycles. The Morgan fingerprint density at radius 3 is 2.32 bits per heavy atom. The molecule has 1 rings (SSSR count). The number of hydrogen-bond acceptors (Lipinski definition) is 4. The van der Waals surface area contributed by atoms with Crippen molar-refractivity contribution in [3.63, 3.8) is 0 Å². The van der Waals surface area contributed by atoms with E-state index in [1.165, 1.54) is 5.56 Å². The third-order valence-corrected chi connectivity index (χ3v) is 2.56. The van der Waals surface area contributed by atoms with E-state index in [2.05, 4.69) is 41.5 Å². The molecule has 0 spiro atoms. The smallest absolute Gasteiger partial charge is 0.114 e. The van der Waals surface area contributed by atoms with E-state index in [0.29, 0.717) is 19.6 Å². The van der Waals surface area contributed by atoms with Crippen molar-refractivity contribution in [2.24, 2.45) is 10.3 Å². The Morgan fingerprint density at radius 1 is 1.05 bits per heavy atom. The van der Waals surface area contributed by atoms with Crippen LogP contribution >= 0.6 is 0 Å². The van der Waals surface area contributed by atoms with Crippen LogP contribution in [0.1, 0.15) is 38.3 Å². The maximum atomic E-state index is 5.15. The maximum Gasteiger partial charge on any atom is 0.114 e. The van der Waals surface area contributed by atoms with E-state index >= 15 is 0 Å². The van der Waals surface area contributed by atoms with E-state index in [1.54, 1.807) is 6.21 Å². The van der Waals surface area contributed by atoms with Gasteiger partial charge in [-0.3, -0.25) is 0 Å². The molecular formula is C15H22N2O2. The summed E-state index contributed by atoms with van der Waals surface area (Å²) >= 11 is 0. The highest BCUT2D eigenvalue weighted by Gasteiger charge is 2.03. The Labute approximate surface area is 115 Å². The summed E-state index contributed by atoms with van der Waals surface area (Å²) in [5, 5.41) is 7.97. The highest BCUT2D eigenvalue weighted by atomic mass is 16.6. The molecule has 0 saturated heterocycles. The lowest BCUT2D eigenvalue weighted by Crippen LogP contribution is -2.04. The summed E-state index contributed by atoms with van der Waals surface area (Å²) in [6, 6.07) is 8.34. The minimum Gasteiger partial charge on any atom is -0.396 e. The van der Waals surface area contributed by atoms with Gasteiger partial charge in [0.2, 0.25) is 0 Å². The fourth-order valence-electron chi connectivity index (χ4n) is 1.53. The van der Waals surface area contributed by atoms with Crippen LogP contribution in [-0.2, 0) is 16.1 Å². The van der Waals surface area contributed by atoms with E-state index in [1.807, 2.05) is 13.8 Å². The molecule has 0 unspecified atom stereocenters. The number of hydrogen-bond donors (Lipinski definition) is 0. The molecule has 4 heteroatoms. The molecule has 0 aliphatic rings. The molecule has 0 amide bonds. The first-order valence-corrected chi connectivity index (χ1v) is 6.73. The fraction of sp³-hybridized carbons (Fsp3) is 0.467. The second kappa shape index (κ2) is 9.14. The van der Waals surface area contributed by atoms with E-state index in [-0.39, 0.29) is 0 Å². The maximum absolute atomic E-state index is 5.15. The van der Waals surface area contributed by atoms with Crippen LogP contribution in [0.2, 0.25) is 0 Å². The van der Waals surface area contributed by atoms with Gasteiger partial charge in [0, 0.05) is 12.6 Å². The van der Waals surface area contributed by atoms with Crippen LogP contribution in [0.4, 0.5) is 0 Å². The molecule has 0 fully saturated rings. The van der Waals surface area contributed by atoms with Crippen LogP contribution < -0.4 is 0 Å². The van der Waals surface area contributed by atoms with Crippen LogP contribution in [0.5, 0.6) is 0 Å². The Balaban J connectivity index is 2.77. The van der Waals surface area contributed by atoms with Gasteiger partial charge in [-0.2, -0.15) is 0 Å². The Morgan fingerprint density at radius 2 is 1.74 bits per heavy atom. The standard InChI is InChI=1S/C15H22N2O2/c1-4-13-7-9-14(10-8-13)15(17-19-6-3)11-12-16-18-5-2/h7-10,12H,4-6,11H2,1-3H3/b16-12+,17-15+. The molecule has 0 aliphatic heterocycles. The zero-order chi connectivity index (χ0) is 13.9. The minimum absolute atomic E-state index is 0.555. The van der Waals surface area contributed by atoms with Gasteiger partial charge in [0.05, 0.1) is 5.71 Å². The van der Waals surface area contributed by atoms with Crippen molar-refractivity contribution >= 4 is 11.9 Å². The Hall–Kier alpha value is -1.84. The Bertz CT molecular complexity index is 411. The molecule has 0 aromatic heterocycles. The third kappa shape index (κ3) is 5.55. The van der Waals surface area contributed by atoms with Gasteiger partial charge in [-0.05, 0) is 31.4 Å². The highest BCUT2D eigenvalue weighted by molar-refractivity contribution is 6.06. The second-order valence-electron chi connectivity index (χ2n) is 3.92. The van der Waals surface area contributed by atoms with Crippen molar-refractivity contribution in [2.45, 2.75) is 33.6 Å². The number of oxime groups is 2. The number of nitrogens with zero attached hydrogens (tertiary/aromatic N) is 2. The Kier molecular flexibility index (Phi) is 7.32. The fourth-order valence-corrected chi connectivity index (χ4v) is 1.53. The number of rotatable bonds is 8. The first-order valence-electron chi connectivity index (χ1n) is 6.73. The van der Waals surface area contributed by atoms with Gasteiger partial charge in [-0.15, -0.1) is 0 Å². The van der Waals surface area contributed by atoms with Gasteiger partial charge < -0.3 is 9.68 Å². The predicted molar refractivity (Wildman–Crippen MR) is 78.7 cm³/mol. The average molecular weight is 262 g/mol. The van der Waals surface area contributed by atoms with Crippen LogP contribution in [0.15, 0.2) is 34.6 Å². The summed E-state index contributed by atoms with van der Waals surface area (Å²) in [5.74, 6) is 0. The van der Waals surface area contributed by atoms with Crippen molar-refractivity contribution in [3.8, 4) is 0 Å². The van der Waals surface area contributed by atoms with Crippen LogP contribution in [0.3, 0.4) is 0 Å². The SMILES string of the molecule is CCO/N=C/C/C(=N\OCC)c1ccc(CC)cc1. The van der Waals surface area contributed by atoms with Gasteiger partial charge in [-0.1, -0.05) is 41.5 Å². The zero-order valence-electron chi connectivity index (χ0n) is 11.9. The van der Waals surface area contributed by atoms with E-state index in [4.69, 9.17) is 9.68 Å². The minimum atomic E-state index is 0.555. The molecule has 0 saturated carbocycles. The lowest BCUT2D eigenvalue weighted by atomic mass is 10.0. The summed E-state index contributed by atoms with van der Waals surface area (Å²) in [6.45, 7) is 7.07. The van der Waals surface area contributed by atoms with Gasteiger partial charge >= 0.3 is 0 Å². The number of aryl methyl sites for hydroxylation is 1. The van der Waals surface area contributed by atoms with Crippen molar-refractivity contribution in [1.82, 2.24) is 0 Å². The van der Waals surface area contributed by atoms with E-state index in [9.17, 15) is 0 Å². The predicted octanol–water partition coefficient (Wildman–Crippen LogP) is 3.40. The van der Waals surface area contributed by atoms with E-state index < -0.39 is 0 Å². The lowest BCUT2D eigenvalue weighted by Gasteiger charge is -2.05. The van der Waals surface area contributed by atoms with Crippen LogP contribution in [0, 0.1) is 0 Å². The summed E-state index contributed by atoms with van der Waals surface area (Å²) in [6.07, 6.45) is 3.32. The molecule has 0 radical (unpaired) electrons. The topological polar surface area (TPSA) is 43.2 Å². The third-order valence-electron chi connectivity index (χ3n) is 2.56. The molecule has 0 N–H and O–H groups in total. The molecule has 0 aliphatic carbocycles. The highest BCUT2D eigenvalue weighted by Crippen LogP contribution is 2.08. The molecule has 1 aromatic rings. The molecule has 0 atom stereocenters. The summed E-state index contributed by atoms with van der Waals surface area (Å²) in [4.78, 5) is 10.1. The normalized spacial score (nSPS) is 11.8. The second-order valence-corrected chi connectivity index (χ2v) is 3.92. The van der Waals surface area contributed by atoms with Crippen molar-refractivity contribution in [3.05, 3.63) is 35.4 Å². The van der Waals surface area contributed by atoms with Gasteiger partial charge in [0.15, 0.2) is 0 Å². The lowest BCUT2D eigenvalue weighted by molar-refractivity contribution is 0.157. The molecule has 4 nitrogen and oxygen atoms in total. The molecule has 104 valence electrons. The van der Waals surface area contributed by atoms with Crippen LogP contribution in [0.25, 0.3) is 0 Å². The number of benzene rings is 1. The van der Waals surface area contributed by atoms with Gasteiger partial charge in [0.25, 0.3) is 0 Å². The van der Waals surface area contributed by atoms with E-state index in [0.717, 1.165) is 17.7 Å². The molecular weight excluding hydrogens is 240 g/mol. The van der Waals surface area contributed by atoms with Gasteiger partial charge in [0.1, 0.15) is 13.2 Å². The van der Waals surface area contributed by atoms with Crippen molar-refractivity contribution in [2.75, 3.05) is 13.2 Å². The van der Waals surface area contributed by atoms with Gasteiger partial charge in [-0.25, -0.2) is 0 Å². The zero-order valence-corrected chi connectivity index (χ0v) is 11.9. The van der Waals surface area contributed by atoms with Crippen LogP contribution in [-0.4, -0.2) is 25.1 Å². The largest absolute Gasteiger partial charge is 0.396 e. The first-order chi connectivity index (χ1) is 9.31. The monoisotopic (exact) mass is 262 g/mol. The summed E-state index contributed by atoms with van der Waals surface area (Å²) in [7, 11) is 0. The quantitative estimate of drug-likeness (QED) is 0.532. The molecule has 0 bridgehead atoms. The molecule has 0 heterocycles. The summed E-state index contributed by atoms with van der Waals surface area (Å²) < 4.78 is 0. The van der Waals surface area contributed by atoms with Crippen molar-refractivity contribution < 1.29 is 9.68 Å². The first kappa shape index (κ1) is 15.2.